The van der Waals surface area contributed by atoms with Crippen molar-refractivity contribution in [3.63, 3.8) is 0 Å². The van der Waals surface area contributed by atoms with E-state index in [0.717, 1.165) is 29.7 Å². The second-order valence-corrected chi connectivity index (χ2v) is 6.68. The maximum Gasteiger partial charge on any atom is 0.343 e. The molecule has 7 nitrogen and oxygen atoms in total. The Kier molecular flexibility index (Phi) is 6.97. The fourth-order valence-electron chi connectivity index (χ4n) is 3.08. The smallest absolute Gasteiger partial charge is 0.343 e. The van der Waals surface area contributed by atoms with Crippen molar-refractivity contribution in [1.82, 2.24) is 9.97 Å². The van der Waals surface area contributed by atoms with Crippen molar-refractivity contribution >= 4 is 29.0 Å². The van der Waals surface area contributed by atoms with Crippen LogP contribution in [0.25, 0.3) is 17.1 Å². The summed E-state index contributed by atoms with van der Waals surface area (Å²) in [6.45, 7) is 4.08. The Morgan fingerprint density at radius 2 is 1.61 bits per heavy atom. The van der Waals surface area contributed by atoms with Gasteiger partial charge in [0.15, 0.2) is 11.5 Å². The van der Waals surface area contributed by atoms with E-state index in [0.29, 0.717) is 22.4 Å². The van der Waals surface area contributed by atoms with Crippen LogP contribution < -0.4 is 9.47 Å². The van der Waals surface area contributed by atoms with Crippen LogP contribution in [0.5, 0.6) is 11.5 Å². The van der Waals surface area contributed by atoms with Gasteiger partial charge >= 0.3 is 11.9 Å². The van der Waals surface area contributed by atoms with Gasteiger partial charge in [-0.05, 0) is 54.8 Å². The molecule has 160 valence electrons. The normalized spacial score (nSPS) is 11.0. The Hall–Kier alpha value is -3.74. The van der Waals surface area contributed by atoms with E-state index in [1.165, 1.54) is 20.3 Å². The molecule has 0 saturated heterocycles. The van der Waals surface area contributed by atoms with Crippen LogP contribution in [-0.4, -0.2) is 36.1 Å². The molecule has 2 aromatic carbocycles. The Labute approximate surface area is 180 Å². The number of carbonyl (C=O) groups is 2. The van der Waals surface area contributed by atoms with Gasteiger partial charge in [-0.15, -0.1) is 0 Å². The summed E-state index contributed by atoms with van der Waals surface area (Å²) in [5.74, 6) is -0.366. The highest BCUT2D eigenvalue weighted by Crippen LogP contribution is 2.29. The second kappa shape index (κ2) is 9.84. The van der Waals surface area contributed by atoms with Crippen molar-refractivity contribution in [2.45, 2.75) is 26.7 Å². The summed E-state index contributed by atoms with van der Waals surface area (Å²) in [6, 6.07) is 10.1. The highest BCUT2D eigenvalue weighted by atomic mass is 16.6. The molecule has 0 N–H and O–H groups in total. The van der Waals surface area contributed by atoms with Gasteiger partial charge < -0.3 is 14.2 Å². The number of aryl methyl sites for hydroxylation is 2. The molecule has 0 unspecified atom stereocenters. The van der Waals surface area contributed by atoms with Crippen molar-refractivity contribution < 1.29 is 23.8 Å². The molecule has 0 aliphatic heterocycles. The molecule has 0 radical (unpaired) electrons. The first kappa shape index (κ1) is 22.0. The van der Waals surface area contributed by atoms with Crippen LogP contribution in [0.3, 0.4) is 0 Å². The minimum Gasteiger partial charge on any atom is -0.493 e. The second-order valence-electron chi connectivity index (χ2n) is 6.68. The number of rotatable bonds is 7. The molecule has 31 heavy (non-hydrogen) atoms. The lowest BCUT2D eigenvalue weighted by Crippen LogP contribution is -2.10. The SMILES string of the molecule is CCc1nc2ccc(C(=O)Oc3ccc(/C=C/C(=O)OC)cc3OC)cc2nc1CC. The summed E-state index contributed by atoms with van der Waals surface area (Å²) in [7, 11) is 2.78. The van der Waals surface area contributed by atoms with E-state index in [9.17, 15) is 9.59 Å². The summed E-state index contributed by atoms with van der Waals surface area (Å²) >= 11 is 0. The fourth-order valence-corrected chi connectivity index (χ4v) is 3.08. The van der Waals surface area contributed by atoms with Gasteiger partial charge in [0.2, 0.25) is 0 Å². The number of esters is 2. The third-order valence-electron chi connectivity index (χ3n) is 4.73. The predicted octanol–water partition coefficient (Wildman–Crippen LogP) is 4.17. The maximum atomic E-state index is 12.7. The summed E-state index contributed by atoms with van der Waals surface area (Å²) in [6.07, 6.45) is 4.46. The largest absolute Gasteiger partial charge is 0.493 e. The zero-order valence-electron chi connectivity index (χ0n) is 18.0. The number of ether oxygens (including phenoxy) is 3. The van der Waals surface area contributed by atoms with Crippen molar-refractivity contribution in [2.24, 2.45) is 0 Å². The molecular weight excluding hydrogens is 396 g/mol. The van der Waals surface area contributed by atoms with E-state index in [1.807, 2.05) is 13.8 Å². The molecule has 0 amide bonds. The lowest BCUT2D eigenvalue weighted by atomic mass is 10.1. The Bertz CT molecular complexity index is 1150. The monoisotopic (exact) mass is 420 g/mol. The number of benzene rings is 2. The van der Waals surface area contributed by atoms with Crippen LogP contribution in [-0.2, 0) is 22.4 Å². The molecule has 0 aliphatic carbocycles. The van der Waals surface area contributed by atoms with Gasteiger partial charge in [0, 0.05) is 6.08 Å². The molecule has 0 saturated carbocycles. The topological polar surface area (TPSA) is 87.6 Å². The van der Waals surface area contributed by atoms with Crippen LogP contribution in [0.4, 0.5) is 0 Å². The lowest BCUT2D eigenvalue weighted by molar-refractivity contribution is -0.134. The first-order chi connectivity index (χ1) is 15.0. The highest BCUT2D eigenvalue weighted by molar-refractivity contribution is 5.95. The number of nitrogens with zero attached hydrogens (tertiary/aromatic N) is 2. The maximum absolute atomic E-state index is 12.7. The van der Waals surface area contributed by atoms with Crippen molar-refractivity contribution in [1.29, 1.82) is 0 Å². The quantitative estimate of drug-likeness (QED) is 0.322. The molecule has 0 atom stereocenters. The minimum atomic E-state index is -0.530. The number of fused-ring (bicyclic) bond motifs is 1. The van der Waals surface area contributed by atoms with Crippen LogP contribution in [0, 0.1) is 0 Å². The number of hydrogen-bond donors (Lipinski definition) is 0. The van der Waals surface area contributed by atoms with E-state index in [1.54, 1.807) is 42.5 Å². The molecule has 1 heterocycles. The molecule has 3 rings (SSSR count). The molecule has 3 aromatic rings. The van der Waals surface area contributed by atoms with E-state index in [-0.39, 0.29) is 5.75 Å². The van der Waals surface area contributed by atoms with E-state index >= 15 is 0 Å². The van der Waals surface area contributed by atoms with Crippen LogP contribution >= 0.6 is 0 Å². The van der Waals surface area contributed by atoms with E-state index < -0.39 is 11.9 Å². The summed E-state index contributed by atoms with van der Waals surface area (Å²) in [5.41, 5.74) is 4.35. The number of carbonyl (C=O) groups excluding carboxylic acids is 2. The van der Waals surface area contributed by atoms with Crippen molar-refractivity contribution in [3.8, 4) is 11.5 Å². The summed E-state index contributed by atoms with van der Waals surface area (Å²) < 4.78 is 15.5. The van der Waals surface area contributed by atoms with Gasteiger partial charge in [-0.3, -0.25) is 0 Å². The van der Waals surface area contributed by atoms with E-state index in [4.69, 9.17) is 9.47 Å². The van der Waals surface area contributed by atoms with Gasteiger partial charge in [-0.2, -0.15) is 0 Å². The van der Waals surface area contributed by atoms with Gasteiger partial charge in [-0.25, -0.2) is 19.6 Å². The number of hydrogen-bond acceptors (Lipinski definition) is 7. The minimum absolute atomic E-state index is 0.268. The number of aromatic nitrogens is 2. The Morgan fingerprint density at radius 3 is 2.26 bits per heavy atom. The highest BCUT2D eigenvalue weighted by Gasteiger charge is 2.15. The van der Waals surface area contributed by atoms with Crippen molar-refractivity contribution in [2.75, 3.05) is 14.2 Å². The molecule has 0 bridgehead atoms. The first-order valence-electron chi connectivity index (χ1n) is 9.94. The molecule has 1 aromatic heterocycles. The number of methoxy groups -OCH3 is 2. The summed E-state index contributed by atoms with van der Waals surface area (Å²) in [4.78, 5) is 33.3. The third kappa shape index (κ3) is 5.06. The van der Waals surface area contributed by atoms with Gasteiger partial charge in [0.1, 0.15) is 0 Å². The average Bonchev–Trinajstić information content (AvgIpc) is 2.81. The van der Waals surface area contributed by atoms with Gasteiger partial charge in [0.05, 0.1) is 42.2 Å². The molecule has 0 fully saturated rings. The Balaban J connectivity index is 1.85. The molecular formula is C24H24N2O5. The van der Waals surface area contributed by atoms with E-state index in [2.05, 4.69) is 14.7 Å². The van der Waals surface area contributed by atoms with Crippen LogP contribution in [0.1, 0.15) is 41.2 Å². The standard InChI is InChI=1S/C24H24N2O5/c1-5-17-18(6-2)26-20-14-16(9-10-19(20)25-17)24(28)31-21-11-7-15(13-22(21)29-3)8-12-23(27)30-4/h7-14H,5-6H2,1-4H3/b12-8+. The first-order valence-corrected chi connectivity index (χ1v) is 9.94. The van der Waals surface area contributed by atoms with Gasteiger partial charge in [0.25, 0.3) is 0 Å². The van der Waals surface area contributed by atoms with Crippen LogP contribution in [0.15, 0.2) is 42.5 Å². The molecule has 0 aliphatic rings. The lowest BCUT2D eigenvalue weighted by Gasteiger charge is -2.11. The average molecular weight is 420 g/mol. The van der Waals surface area contributed by atoms with Crippen LogP contribution in [0.2, 0.25) is 0 Å². The van der Waals surface area contributed by atoms with Gasteiger partial charge in [-0.1, -0.05) is 19.9 Å². The zero-order valence-corrected chi connectivity index (χ0v) is 18.0. The summed E-state index contributed by atoms with van der Waals surface area (Å²) in [5, 5.41) is 0. The molecule has 0 spiro atoms. The zero-order chi connectivity index (χ0) is 22.4. The Morgan fingerprint density at radius 1 is 0.903 bits per heavy atom. The third-order valence-corrected chi connectivity index (χ3v) is 4.73. The predicted molar refractivity (Wildman–Crippen MR) is 117 cm³/mol. The fraction of sp³-hybridized carbons (Fsp3) is 0.250. The molecule has 7 heteroatoms. The van der Waals surface area contributed by atoms with Crippen molar-refractivity contribution in [3.05, 3.63) is 65.0 Å².